The van der Waals surface area contributed by atoms with Crippen molar-refractivity contribution in [2.24, 2.45) is 0 Å². The van der Waals surface area contributed by atoms with Gasteiger partial charge in [0.25, 0.3) is 0 Å². The number of hydrogen-bond acceptors (Lipinski definition) is 4. The van der Waals surface area contributed by atoms with Crippen molar-refractivity contribution in [3.8, 4) is 0 Å². The lowest BCUT2D eigenvalue weighted by Crippen LogP contribution is -2.67. The van der Waals surface area contributed by atoms with E-state index in [9.17, 15) is 9.59 Å². The maximum atomic E-state index is 13.3. The molecule has 3 fully saturated rings. The van der Waals surface area contributed by atoms with Gasteiger partial charge in [-0.15, -0.1) is 0 Å². The Morgan fingerprint density at radius 2 is 1.85 bits per heavy atom. The van der Waals surface area contributed by atoms with Crippen molar-refractivity contribution in [3.05, 3.63) is 35.9 Å². The summed E-state index contributed by atoms with van der Waals surface area (Å²) < 4.78 is 0. The SMILES string of the molecule is O=C(C1CCCCN1Cc1ccccc1)N1CCC2(CC1)NCCNC2=O. The molecule has 0 aliphatic carbocycles. The van der Waals surface area contributed by atoms with Crippen LogP contribution in [-0.2, 0) is 16.1 Å². The number of benzene rings is 1. The van der Waals surface area contributed by atoms with Gasteiger partial charge in [-0.25, -0.2) is 0 Å². The molecule has 2 amide bonds. The van der Waals surface area contributed by atoms with Crippen LogP contribution in [0.1, 0.15) is 37.7 Å². The number of carbonyl (C=O) groups is 2. The van der Waals surface area contributed by atoms with Crippen LogP contribution in [-0.4, -0.2) is 65.9 Å². The van der Waals surface area contributed by atoms with Crippen LogP contribution in [0.4, 0.5) is 0 Å². The van der Waals surface area contributed by atoms with E-state index in [1.54, 1.807) is 0 Å². The highest BCUT2D eigenvalue weighted by Gasteiger charge is 2.44. The van der Waals surface area contributed by atoms with Crippen LogP contribution in [0.5, 0.6) is 0 Å². The fraction of sp³-hybridized carbons (Fsp3) is 0.619. The van der Waals surface area contributed by atoms with Gasteiger partial charge in [-0.3, -0.25) is 14.5 Å². The molecule has 1 aromatic carbocycles. The quantitative estimate of drug-likeness (QED) is 0.837. The number of hydrogen-bond donors (Lipinski definition) is 2. The maximum Gasteiger partial charge on any atom is 0.240 e. The topological polar surface area (TPSA) is 64.7 Å². The summed E-state index contributed by atoms with van der Waals surface area (Å²) >= 11 is 0. The molecule has 146 valence electrons. The monoisotopic (exact) mass is 370 g/mol. The van der Waals surface area contributed by atoms with Gasteiger partial charge in [-0.2, -0.15) is 0 Å². The van der Waals surface area contributed by atoms with Gasteiger partial charge in [0.15, 0.2) is 0 Å². The number of piperidine rings is 2. The molecule has 0 saturated carbocycles. The van der Waals surface area contributed by atoms with Gasteiger partial charge in [0.05, 0.1) is 6.04 Å². The molecular formula is C21H30N4O2. The number of amides is 2. The van der Waals surface area contributed by atoms with Gasteiger partial charge >= 0.3 is 0 Å². The Balaban J connectivity index is 1.40. The molecule has 0 bridgehead atoms. The first-order chi connectivity index (χ1) is 13.2. The van der Waals surface area contributed by atoms with Crippen LogP contribution in [0.3, 0.4) is 0 Å². The summed E-state index contributed by atoms with van der Waals surface area (Å²) in [4.78, 5) is 29.9. The molecule has 0 aromatic heterocycles. The summed E-state index contributed by atoms with van der Waals surface area (Å²) in [5, 5.41) is 6.38. The van der Waals surface area contributed by atoms with E-state index in [0.29, 0.717) is 32.5 Å². The molecular weight excluding hydrogens is 340 g/mol. The Bertz CT molecular complexity index is 670. The van der Waals surface area contributed by atoms with Crippen molar-refractivity contribution < 1.29 is 9.59 Å². The highest BCUT2D eigenvalue weighted by atomic mass is 16.2. The predicted octanol–water partition coefficient (Wildman–Crippen LogP) is 1.12. The molecule has 1 aromatic rings. The molecule has 1 unspecified atom stereocenters. The smallest absolute Gasteiger partial charge is 0.240 e. The molecule has 3 aliphatic rings. The Morgan fingerprint density at radius 3 is 2.59 bits per heavy atom. The minimum atomic E-state index is -0.467. The lowest BCUT2D eigenvalue weighted by Gasteiger charge is -2.45. The third-order valence-corrected chi connectivity index (χ3v) is 6.36. The Morgan fingerprint density at radius 1 is 1.07 bits per heavy atom. The average molecular weight is 370 g/mol. The molecule has 6 nitrogen and oxygen atoms in total. The van der Waals surface area contributed by atoms with Crippen LogP contribution >= 0.6 is 0 Å². The second-order valence-corrected chi connectivity index (χ2v) is 8.06. The molecule has 4 rings (SSSR count). The van der Waals surface area contributed by atoms with Gasteiger partial charge in [-0.05, 0) is 37.8 Å². The fourth-order valence-corrected chi connectivity index (χ4v) is 4.73. The molecule has 6 heteroatoms. The maximum absolute atomic E-state index is 13.3. The first kappa shape index (κ1) is 18.4. The third-order valence-electron chi connectivity index (χ3n) is 6.36. The highest BCUT2D eigenvalue weighted by Crippen LogP contribution is 2.27. The molecule has 1 atom stereocenters. The van der Waals surface area contributed by atoms with Crippen molar-refractivity contribution in [2.45, 2.75) is 50.2 Å². The Hall–Kier alpha value is -1.92. The summed E-state index contributed by atoms with van der Waals surface area (Å²) in [5.74, 6) is 0.348. The average Bonchev–Trinajstić information content (AvgIpc) is 2.72. The van der Waals surface area contributed by atoms with Crippen molar-refractivity contribution in [3.63, 3.8) is 0 Å². The molecule has 0 radical (unpaired) electrons. The van der Waals surface area contributed by atoms with Crippen LogP contribution in [0.2, 0.25) is 0 Å². The van der Waals surface area contributed by atoms with Crippen molar-refractivity contribution >= 4 is 11.8 Å². The Kier molecular flexibility index (Phi) is 5.45. The van der Waals surface area contributed by atoms with Crippen molar-refractivity contribution in [1.29, 1.82) is 0 Å². The van der Waals surface area contributed by atoms with Gasteiger partial charge in [-0.1, -0.05) is 36.8 Å². The predicted molar refractivity (Wildman–Crippen MR) is 104 cm³/mol. The van der Waals surface area contributed by atoms with E-state index < -0.39 is 5.54 Å². The number of rotatable bonds is 3. The molecule has 27 heavy (non-hydrogen) atoms. The minimum absolute atomic E-state index is 0.0267. The van der Waals surface area contributed by atoms with Gasteiger partial charge < -0.3 is 15.5 Å². The number of likely N-dealkylation sites (tertiary alicyclic amines) is 2. The van der Waals surface area contributed by atoms with E-state index in [0.717, 1.165) is 38.9 Å². The van der Waals surface area contributed by atoms with Crippen LogP contribution < -0.4 is 10.6 Å². The van der Waals surface area contributed by atoms with Crippen LogP contribution in [0.15, 0.2) is 30.3 Å². The summed E-state index contributed by atoms with van der Waals surface area (Å²) in [5.41, 5.74) is 0.795. The largest absolute Gasteiger partial charge is 0.353 e. The second-order valence-electron chi connectivity index (χ2n) is 8.06. The molecule has 3 saturated heterocycles. The zero-order valence-electron chi connectivity index (χ0n) is 16.0. The number of carbonyl (C=O) groups excluding carboxylic acids is 2. The lowest BCUT2D eigenvalue weighted by atomic mass is 9.84. The van der Waals surface area contributed by atoms with E-state index in [1.807, 2.05) is 11.0 Å². The molecule has 3 aliphatic heterocycles. The van der Waals surface area contributed by atoms with E-state index >= 15 is 0 Å². The third kappa shape index (κ3) is 3.87. The molecule has 2 N–H and O–H groups in total. The summed E-state index contributed by atoms with van der Waals surface area (Å²) in [6, 6.07) is 10.4. The minimum Gasteiger partial charge on any atom is -0.353 e. The number of nitrogens with one attached hydrogen (secondary N) is 2. The van der Waals surface area contributed by atoms with Crippen molar-refractivity contribution in [2.75, 3.05) is 32.7 Å². The Labute approximate surface area is 161 Å². The molecule has 1 spiro atoms. The first-order valence-corrected chi connectivity index (χ1v) is 10.3. The van der Waals surface area contributed by atoms with E-state index in [1.165, 1.54) is 5.56 Å². The van der Waals surface area contributed by atoms with Gasteiger partial charge in [0, 0.05) is 32.7 Å². The van der Waals surface area contributed by atoms with E-state index in [2.05, 4.69) is 39.8 Å². The zero-order valence-corrected chi connectivity index (χ0v) is 16.0. The summed E-state index contributed by atoms with van der Waals surface area (Å²) in [7, 11) is 0. The standard InChI is InChI=1S/C21H30N4O2/c26-19(24-14-9-21(10-15-24)20(27)22-11-12-23-21)18-8-4-5-13-25(18)16-17-6-2-1-3-7-17/h1-3,6-7,18,23H,4-5,8-16H2,(H,22,27). The van der Waals surface area contributed by atoms with Gasteiger partial charge in [0.1, 0.15) is 5.54 Å². The second kappa shape index (κ2) is 7.98. The normalized spacial score (nSPS) is 26.0. The molecule has 3 heterocycles. The van der Waals surface area contributed by atoms with Crippen LogP contribution in [0, 0.1) is 0 Å². The highest BCUT2D eigenvalue weighted by molar-refractivity contribution is 5.88. The fourth-order valence-electron chi connectivity index (χ4n) is 4.73. The lowest BCUT2D eigenvalue weighted by molar-refractivity contribution is -0.143. The zero-order chi connectivity index (χ0) is 18.7. The number of nitrogens with zero attached hydrogens (tertiary/aromatic N) is 2. The van der Waals surface area contributed by atoms with Crippen LogP contribution in [0.25, 0.3) is 0 Å². The first-order valence-electron chi connectivity index (χ1n) is 10.3. The summed E-state index contributed by atoms with van der Waals surface area (Å²) in [6.07, 6.45) is 4.62. The van der Waals surface area contributed by atoms with Gasteiger partial charge in [0.2, 0.25) is 11.8 Å². The van der Waals surface area contributed by atoms with E-state index in [-0.39, 0.29) is 17.9 Å². The van der Waals surface area contributed by atoms with Crippen molar-refractivity contribution in [1.82, 2.24) is 20.4 Å². The summed E-state index contributed by atoms with van der Waals surface area (Å²) in [6.45, 7) is 4.64. The number of piperazine rings is 1. The van der Waals surface area contributed by atoms with E-state index in [4.69, 9.17) is 0 Å².